The van der Waals surface area contributed by atoms with Crippen molar-refractivity contribution < 1.29 is 4.74 Å². The van der Waals surface area contributed by atoms with E-state index in [1.54, 1.807) is 18.4 Å². The molecule has 31 heavy (non-hydrogen) atoms. The number of thiophene rings is 1. The Morgan fingerprint density at radius 1 is 1.16 bits per heavy atom. The topological polar surface area (TPSA) is 48.9 Å². The Hall–Kier alpha value is -2.83. The summed E-state index contributed by atoms with van der Waals surface area (Å²) in [4.78, 5) is 8.90. The Kier molecular flexibility index (Phi) is 5.66. The van der Waals surface area contributed by atoms with Crippen LogP contribution < -0.4 is 15.4 Å². The zero-order chi connectivity index (χ0) is 21.2. The van der Waals surface area contributed by atoms with Gasteiger partial charge in [0.2, 0.25) is 0 Å². The van der Waals surface area contributed by atoms with Crippen LogP contribution in [0.5, 0.6) is 5.75 Å². The second kappa shape index (κ2) is 8.73. The molecule has 0 unspecified atom stereocenters. The molecule has 1 fully saturated rings. The molecule has 1 aromatic heterocycles. The van der Waals surface area contributed by atoms with E-state index in [9.17, 15) is 0 Å². The summed E-state index contributed by atoms with van der Waals surface area (Å²) < 4.78 is 5.37. The van der Waals surface area contributed by atoms with Gasteiger partial charge >= 0.3 is 0 Å². The lowest BCUT2D eigenvalue weighted by Crippen LogP contribution is -2.52. The van der Waals surface area contributed by atoms with Crippen LogP contribution >= 0.6 is 11.3 Å². The van der Waals surface area contributed by atoms with Crippen molar-refractivity contribution in [2.24, 2.45) is 4.99 Å². The highest BCUT2D eigenvalue weighted by atomic mass is 32.1. The van der Waals surface area contributed by atoms with Crippen LogP contribution in [0.4, 0.5) is 16.4 Å². The molecule has 5 nitrogen and oxygen atoms in total. The largest absolute Gasteiger partial charge is 0.497 e. The van der Waals surface area contributed by atoms with Crippen LogP contribution in [-0.4, -0.2) is 43.5 Å². The molecule has 3 aromatic rings. The molecular formula is C25H28N4OS. The molecule has 0 amide bonds. The van der Waals surface area contributed by atoms with Crippen molar-refractivity contribution in [1.82, 2.24) is 10.2 Å². The zero-order valence-corrected chi connectivity index (χ0v) is 18.8. The summed E-state index contributed by atoms with van der Waals surface area (Å²) in [5, 5.41) is 8.51. The van der Waals surface area contributed by atoms with E-state index in [1.807, 2.05) is 6.07 Å². The molecule has 2 N–H and O–H groups in total. The van der Waals surface area contributed by atoms with Crippen LogP contribution in [0.2, 0.25) is 0 Å². The van der Waals surface area contributed by atoms with Crippen LogP contribution in [0.1, 0.15) is 22.4 Å². The Morgan fingerprint density at radius 3 is 2.97 bits per heavy atom. The molecule has 3 heterocycles. The van der Waals surface area contributed by atoms with Gasteiger partial charge in [-0.2, -0.15) is 0 Å². The second-order valence-electron chi connectivity index (χ2n) is 8.16. The number of nitrogens with one attached hydrogen (secondary N) is 2. The smallest absolute Gasteiger partial charge is 0.139 e. The first-order valence-electron chi connectivity index (χ1n) is 10.9. The first-order chi connectivity index (χ1) is 15.2. The second-order valence-corrected chi connectivity index (χ2v) is 9.42. The zero-order valence-electron chi connectivity index (χ0n) is 18.0. The molecule has 1 atom stereocenters. The normalized spacial score (nSPS) is 17.8. The van der Waals surface area contributed by atoms with E-state index in [0.29, 0.717) is 6.04 Å². The molecule has 160 valence electrons. The van der Waals surface area contributed by atoms with E-state index >= 15 is 0 Å². The minimum atomic E-state index is 0.428. The highest BCUT2D eigenvalue weighted by molar-refractivity contribution is 7.16. The third-order valence-corrected chi connectivity index (χ3v) is 6.91. The van der Waals surface area contributed by atoms with Gasteiger partial charge in [0, 0.05) is 30.6 Å². The summed E-state index contributed by atoms with van der Waals surface area (Å²) in [5.74, 6) is 2.01. The first-order valence-corrected chi connectivity index (χ1v) is 11.7. The maximum Gasteiger partial charge on any atom is 0.139 e. The molecule has 2 aliphatic rings. The number of hydrogen-bond acceptors (Lipinski definition) is 6. The van der Waals surface area contributed by atoms with Crippen molar-refractivity contribution in [3.63, 3.8) is 0 Å². The molecular weight excluding hydrogens is 404 g/mol. The number of piperazine rings is 1. The summed E-state index contributed by atoms with van der Waals surface area (Å²) >= 11 is 1.80. The highest BCUT2D eigenvalue weighted by Gasteiger charge is 2.27. The van der Waals surface area contributed by atoms with Crippen LogP contribution in [0.25, 0.3) is 0 Å². The molecule has 6 heteroatoms. The molecule has 0 spiro atoms. The van der Waals surface area contributed by atoms with Gasteiger partial charge in [0.25, 0.3) is 0 Å². The molecule has 2 aliphatic heterocycles. The lowest BCUT2D eigenvalue weighted by atomic mass is 10.0. The molecule has 1 saturated heterocycles. The molecule has 0 aliphatic carbocycles. The third-order valence-electron chi connectivity index (χ3n) is 5.95. The number of rotatable bonds is 4. The average molecular weight is 433 g/mol. The molecule has 2 aromatic carbocycles. The van der Waals surface area contributed by atoms with Crippen molar-refractivity contribution in [2.75, 3.05) is 32.1 Å². The van der Waals surface area contributed by atoms with Gasteiger partial charge in [-0.1, -0.05) is 24.3 Å². The molecule has 0 saturated carbocycles. The Balaban J connectivity index is 1.37. The van der Waals surface area contributed by atoms with E-state index < -0.39 is 0 Å². The van der Waals surface area contributed by atoms with Gasteiger partial charge in [0.15, 0.2) is 0 Å². The van der Waals surface area contributed by atoms with E-state index in [0.717, 1.165) is 55.4 Å². The van der Waals surface area contributed by atoms with Gasteiger partial charge in [-0.25, -0.2) is 4.99 Å². The van der Waals surface area contributed by atoms with Crippen LogP contribution in [-0.2, 0) is 6.42 Å². The summed E-state index contributed by atoms with van der Waals surface area (Å²) in [6.07, 6.45) is 2.11. The van der Waals surface area contributed by atoms with Gasteiger partial charge in [0.1, 0.15) is 16.6 Å². The van der Waals surface area contributed by atoms with E-state index in [1.165, 1.54) is 21.0 Å². The summed E-state index contributed by atoms with van der Waals surface area (Å²) in [6.45, 7) is 5.05. The lowest BCUT2D eigenvalue weighted by Gasteiger charge is -2.36. The number of methoxy groups -OCH3 is 1. The van der Waals surface area contributed by atoms with Crippen molar-refractivity contribution in [2.45, 2.75) is 25.8 Å². The van der Waals surface area contributed by atoms with Crippen LogP contribution in [0.3, 0.4) is 0 Å². The number of benzene rings is 2. The number of aliphatic imine (C=N–C) groups is 1. The van der Waals surface area contributed by atoms with Crippen LogP contribution in [0.15, 0.2) is 59.6 Å². The highest BCUT2D eigenvalue weighted by Crippen LogP contribution is 2.39. The summed E-state index contributed by atoms with van der Waals surface area (Å²) in [5.41, 5.74) is 4.61. The van der Waals surface area contributed by atoms with Crippen molar-refractivity contribution in [3.05, 3.63) is 70.6 Å². The first kappa shape index (κ1) is 20.1. The van der Waals surface area contributed by atoms with Gasteiger partial charge in [-0.3, -0.25) is 0 Å². The third kappa shape index (κ3) is 4.31. The van der Waals surface area contributed by atoms with Crippen molar-refractivity contribution in [1.29, 1.82) is 0 Å². The number of nitrogens with zero attached hydrogens (tertiary/aromatic N) is 2. The number of hydrogen-bond donors (Lipinski definition) is 2. The maximum absolute atomic E-state index is 5.37. The number of ether oxygens (including phenoxy) is 1. The standard InChI is InChI=1S/C25H28N4OS/c1-17-14-21-24(27-22-8-3-4-9-23(22)28-25(21)31-17)29-13-12-26-19(16-29)11-10-18-6-5-7-20(15-18)30-2/h3-9,14-15,19,26,28H,10-13,16H2,1-2H3/t19-/m0/s1. The van der Waals surface area contributed by atoms with E-state index in [4.69, 9.17) is 9.73 Å². The van der Waals surface area contributed by atoms with E-state index in [2.05, 4.69) is 71.0 Å². The fourth-order valence-electron chi connectivity index (χ4n) is 4.37. The lowest BCUT2D eigenvalue weighted by molar-refractivity contribution is 0.282. The predicted octanol–water partition coefficient (Wildman–Crippen LogP) is 5.11. The average Bonchev–Trinajstić information content (AvgIpc) is 3.09. The summed E-state index contributed by atoms with van der Waals surface area (Å²) in [7, 11) is 1.72. The SMILES string of the molecule is COc1cccc(CC[C@H]2CN(C3=Nc4ccccc4Nc4sc(C)cc43)CCN2)c1. The number of para-hydroxylation sites is 2. The number of anilines is 2. The van der Waals surface area contributed by atoms with Gasteiger partial charge in [-0.15, -0.1) is 11.3 Å². The fraction of sp³-hybridized carbons (Fsp3) is 0.320. The Labute approximate surface area is 187 Å². The van der Waals surface area contributed by atoms with Gasteiger partial charge in [-0.05, 0) is 55.7 Å². The van der Waals surface area contributed by atoms with Crippen molar-refractivity contribution >= 4 is 33.5 Å². The Bertz CT molecular complexity index is 1110. The molecule has 0 bridgehead atoms. The minimum Gasteiger partial charge on any atom is -0.497 e. The fourth-order valence-corrected chi connectivity index (χ4v) is 5.29. The number of amidine groups is 1. The van der Waals surface area contributed by atoms with E-state index in [-0.39, 0.29) is 0 Å². The predicted molar refractivity (Wildman–Crippen MR) is 130 cm³/mol. The Morgan fingerprint density at radius 2 is 2.06 bits per heavy atom. The maximum atomic E-state index is 5.37. The number of fused-ring (bicyclic) bond motifs is 2. The minimum absolute atomic E-state index is 0.428. The number of aryl methyl sites for hydroxylation is 2. The van der Waals surface area contributed by atoms with Gasteiger partial charge in [0.05, 0.1) is 24.0 Å². The quantitative estimate of drug-likeness (QED) is 0.602. The van der Waals surface area contributed by atoms with Gasteiger partial charge < -0.3 is 20.3 Å². The monoisotopic (exact) mass is 432 g/mol. The summed E-state index contributed by atoms with van der Waals surface area (Å²) in [6, 6.07) is 19.4. The van der Waals surface area contributed by atoms with Crippen LogP contribution in [0, 0.1) is 6.92 Å². The molecule has 5 rings (SSSR count). The molecule has 0 radical (unpaired) electrons. The van der Waals surface area contributed by atoms with Crippen molar-refractivity contribution in [3.8, 4) is 5.75 Å².